The van der Waals surface area contributed by atoms with Crippen LogP contribution in [-0.2, 0) is 14.6 Å². The van der Waals surface area contributed by atoms with Crippen LogP contribution in [0.3, 0.4) is 0 Å². The van der Waals surface area contributed by atoms with E-state index in [1.807, 2.05) is 0 Å². The van der Waals surface area contributed by atoms with Crippen molar-refractivity contribution in [2.45, 2.75) is 44.0 Å². The third kappa shape index (κ3) is 3.75. The normalized spacial score (nSPS) is 25.1. The Labute approximate surface area is 96.1 Å². The van der Waals surface area contributed by atoms with Gasteiger partial charge in [0.15, 0.2) is 9.84 Å². The zero-order chi connectivity index (χ0) is 12.4. The standard InChI is InChI=1S/C10H19NO4S/c1-10(2,13)7-11-9(12)8-5-3-4-6-16(8,14)15/h8,13H,3-7H2,1-2H3,(H,11,12). The summed E-state index contributed by atoms with van der Waals surface area (Å²) in [5.41, 5.74) is -1.02. The molecular formula is C10H19NO4S. The fraction of sp³-hybridized carbons (Fsp3) is 0.900. The van der Waals surface area contributed by atoms with Gasteiger partial charge >= 0.3 is 0 Å². The van der Waals surface area contributed by atoms with Crippen LogP contribution in [0.1, 0.15) is 33.1 Å². The van der Waals surface area contributed by atoms with Crippen LogP contribution >= 0.6 is 0 Å². The molecule has 1 heterocycles. The van der Waals surface area contributed by atoms with E-state index >= 15 is 0 Å². The van der Waals surface area contributed by atoms with Gasteiger partial charge in [0, 0.05) is 6.54 Å². The molecule has 0 aromatic carbocycles. The molecule has 16 heavy (non-hydrogen) atoms. The van der Waals surface area contributed by atoms with Crippen molar-refractivity contribution in [1.29, 1.82) is 0 Å². The number of carbonyl (C=O) groups is 1. The van der Waals surface area contributed by atoms with Gasteiger partial charge in [0.2, 0.25) is 5.91 Å². The second-order valence-corrected chi connectivity index (χ2v) is 7.18. The van der Waals surface area contributed by atoms with Crippen LogP contribution in [0.4, 0.5) is 0 Å². The van der Waals surface area contributed by atoms with Gasteiger partial charge in [-0.3, -0.25) is 4.79 Å². The molecule has 1 unspecified atom stereocenters. The highest BCUT2D eigenvalue weighted by Crippen LogP contribution is 2.19. The third-order valence-corrected chi connectivity index (χ3v) is 4.74. The number of aliphatic hydroxyl groups is 1. The fourth-order valence-corrected chi connectivity index (χ4v) is 3.49. The summed E-state index contributed by atoms with van der Waals surface area (Å²) in [6, 6.07) is 0. The fourth-order valence-electron chi connectivity index (χ4n) is 1.67. The number of carbonyl (C=O) groups excluding carboxylic acids is 1. The SMILES string of the molecule is CC(C)(O)CNC(=O)C1CCCCS1(=O)=O. The first-order valence-corrected chi connectivity index (χ1v) is 7.15. The van der Waals surface area contributed by atoms with E-state index in [9.17, 15) is 18.3 Å². The predicted octanol–water partition coefficient (Wildman–Crippen LogP) is -0.159. The Bertz CT molecular complexity index is 356. The Morgan fingerprint density at radius 2 is 2.06 bits per heavy atom. The van der Waals surface area contributed by atoms with E-state index < -0.39 is 26.6 Å². The van der Waals surface area contributed by atoms with Gasteiger partial charge in [0.05, 0.1) is 11.4 Å². The zero-order valence-electron chi connectivity index (χ0n) is 9.69. The Morgan fingerprint density at radius 1 is 1.44 bits per heavy atom. The molecule has 1 aliphatic heterocycles. The molecule has 1 amide bonds. The molecule has 0 radical (unpaired) electrons. The number of hydrogen-bond acceptors (Lipinski definition) is 4. The predicted molar refractivity (Wildman–Crippen MR) is 60.7 cm³/mol. The summed E-state index contributed by atoms with van der Waals surface area (Å²) in [6.07, 6.45) is 1.79. The van der Waals surface area contributed by atoms with Crippen LogP contribution in [-0.4, -0.2) is 42.6 Å². The van der Waals surface area contributed by atoms with Crippen molar-refractivity contribution in [3.8, 4) is 0 Å². The van der Waals surface area contributed by atoms with Gasteiger partial charge in [-0.1, -0.05) is 6.42 Å². The molecule has 0 spiro atoms. The van der Waals surface area contributed by atoms with Gasteiger partial charge < -0.3 is 10.4 Å². The molecule has 2 N–H and O–H groups in total. The lowest BCUT2D eigenvalue weighted by Crippen LogP contribution is -2.47. The van der Waals surface area contributed by atoms with Crippen molar-refractivity contribution in [3.05, 3.63) is 0 Å². The molecule has 1 aliphatic rings. The van der Waals surface area contributed by atoms with Gasteiger partial charge in [-0.05, 0) is 26.7 Å². The smallest absolute Gasteiger partial charge is 0.238 e. The molecule has 1 atom stereocenters. The molecule has 0 aromatic rings. The lowest BCUT2D eigenvalue weighted by molar-refractivity contribution is -0.121. The molecule has 0 aromatic heterocycles. The molecule has 1 rings (SSSR count). The van der Waals surface area contributed by atoms with Crippen LogP contribution < -0.4 is 5.32 Å². The number of sulfone groups is 1. The van der Waals surface area contributed by atoms with Crippen LogP contribution in [0.2, 0.25) is 0 Å². The Balaban J connectivity index is 2.60. The van der Waals surface area contributed by atoms with Crippen molar-refractivity contribution < 1.29 is 18.3 Å². The summed E-state index contributed by atoms with van der Waals surface area (Å²) in [4.78, 5) is 11.7. The third-order valence-electron chi connectivity index (χ3n) is 2.57. The van der Waals surface area contributed by atoms with Crippen molar-refractivity contribution in [1.82, 2.24) is 5.32 Å². The molecule has 0 saturated carbocycles. The van der Waals surface area contributed by atoms with Gasteiger partial charge in [-0.2, -0.15) is 0 Å². The second kappa shape index (κ2) is 4.71. The maximum atomic E-state index is 11.7. The maximum absolute atomic E-state index is 11.7. The van der Waals surface area contributed by atoms with E-state index in [0.717, 1.165) is 6.42 Å². The minimum Gasteiger partial charge on any atom is -0.389 e. The van der Waals surface area contributed by atoms with E-state index in [1.54, 1.807) is 13.8 Å². The lowest BCUT2D eigenvalue weighted by atomic mass is 10.1. The highest BCUT2D eigenvalue weighted by atomic mass is 32.2. The summed E-state index contributed by atoms with van der Waals surface area (Å²) in [7, 11) is -3.28. The van der Waals surface area contributed by atoms with Crippen LogP contribution in [0.5, 0.6) is 0 Å². The summed E-state index contributed by atoms with van der Waals surface area (Å²) < 4.78 is 23.2. The first-order valence-electron chi connectivity index (χ1n) is 5.44. The highest BCUT2D eigenvalue weighted by molar-refractivity contribution is 7.92. The minimum absolute atomic E-state index is 0.0673. The lowest BCUT2D eigenvalue weighted by Gasteiger charge is -2.24. The molecular weight excluding hydrogens is 230 g/mol. The first kappa shape index (κ1) is 13.4. The van der Waals surface area contributed by atoms with Gasteiger partial charge in [-0.15, -0.1) is 0 Å². The largest absolute Gasteiger partial charge is 0.389 e. The maximum Gasteiger partial charge on any atom is 0.238 e. The van der Waals surface area contributed by atoms with E-state index in [0.29, 0.717) is 12.8 Å². The van der Waals surface area contributed by atoms with Crippen molar-refractivity contribution in [2.75, 3.05) is 12.3 Å². The zero-order valence-corrected chi connectivity index (χ0v) is 10.5. The van der Waals surface area contributed by atoms with Crippen LogP contribution in [0, 0.1) is 0 Å². The second-order valence-electron chi connectivity index (χ2n) is 4.88. The summed E-state index contributed by atoms with van der Waals surface area (Å²) in [5, 5.41) is 11.0. The van der Waals surface area contributed by atoms with Crippen molar-refractivity contribution in [2.24, 2.45) is 0 Å². The average molecular weight is 249 g/mol. The summed E-state index contributed by atoms with van der Waals surface area (Å²) in [5.74, 6) is -0.394. The molecule has 0 aliphatic carbocycles. The van der Waals surface area contributed by atoms with Gasteiger partial charge in [0.1, 0.15) is 5.25 Å². The quantitative estimate of drug-likeness (QED) is 0.728. The van der Waals surface area contributed by atoms with Crippen molar-refractivity contribution >= 4 is 15.7 Å². The Morgan fingerprint density at radius 3 is 2.56 bits per heavy atom. The van der Waals surface area contributed by atoms with Gasteiger partial charge in [-0.25, -0.2) is 8.42 Å². The monoisotopic (exact) mass is 249 g/mol. The minimum atomic E-state index is -3.28. The van der Waals surface area contributed by atoms with Crippen LogP contribution in [0.25, 0.3) is 0 Å². The molecule has 0 bridgehead atoms. The van der Waals surface area contributed by atoms with E-state index in [4.69, 9.17) is 0 Å². The van der Waals surface area contributed by atoms with Crippen molar-refractivity contribution in [3.63, 3.8) is 0 Å². The number of hydrogen-bond donors (Lipinski definition) is 2. The topological polar surface area (TPSA) is 83.5 Å². The molecule has 1 fully saturated rings. The van der Waals surface area contributed by atoms with Gasteiger partial charge in [0.25, 0.3) is 0 Å². The highest BCUT2D eigenvalue weighted by Gasteiger charge is 2.35. The van der Waals surface area contributed by atoms with E-state index in [1.165, 1.54) is 0 Å². The Kier molecular flexibility index (Phi) is 3.96. The number of rotatable bonds is 3. The van der Waals surface area contributed by atoms with Crippen LogP contribution in [0.15, 0.2) is 0 Å². The van der Waals surface area contributed by atoms with E-state index in [-0.39, 0.29) is 12.3 Å². The van der Waals surface area contributed by atoms with E-state index in [2.05, 4.69) is 5.32 Å². The molecule has 6 heteroatoms. The number of nitrogens with one attached hydrogen (secondary N) is 1. The Hall–Kier alpha value is -0.620. The number of amides is 1. The summed E-state index contributed by atoms with van der Waals surface area (Å²) >= 11 is 0. The first-order chi connectivity index (χ1) is 7.22. The molecule has 1 saturated heterocycles. The summed E-state index contributed by atoms with van der Waals surface area (Å²) in [6.45, 7) is 3.18. The molecule has 5 nitrogen and oxygen atoms in total. The molecule has 94 valence electrons. The average Bonchev–Trinajstić information content (AvgIpc) is 2.12.